The van der Waals surface area contributed by atoms with E-state index in [-0.39, 0.29) is 5.91 Å². The maximum absolute atomic E-state index is 12.0. The molecule has 0 bridgehead atoms. The van der Waals surface area contributed by atoms with E-state index in [1.165, 1.54) is 0 Å². The second-order valence-electron chi connectivity index (χ2n) is 4.05. The van der Waals surface area contributed by atoms with Gasteiger partial charge in [0.25, 0.3) is 0 Å². The first kappa shape index (κ1) is 14.0. The molecule has 0 aliphatic carbocycles. The minimum absolute atomic E-state index is 0.0242. The smallest absolute Gasteiger partial charge is 0.228 e. The number of nitrogens with one attached hydrogen (secondary N) is 1. The zero-order valence-corrected chi connectivity index (χ0v) is 12.1. The summed E-state index contributed by atoms with van der Waals surface area (Å²) in [6.07, 6.45) is 2.34. The summed E-state index contributed by atoms with van der Waals surface area (Å²) in [5, 5.41) is 3.61. The van der Waals surface area contributed by atoms with Gasteiger partial charge in [-0.2, -0.15) is 0 Å². The number of halogens is 1. The van der Waals surface area contributed by atoms with Crippen molar-refractivity contribution in [2.75, 3.05) is 11.6 Å². The number of carbonyl (C=O) groups excluding carboxylic acids is 1. The van der Waals surface area contributed by atoms with Crippen molar-refractivity contribution in [1.82, 2.24) is 0 Å². The van der Waals surface area contributed by atoms with Gasteiger partial charge in [0.05, 0.1) is 12.1 Å². The molecule has 98 valence electrons. The predicted molar refractivity (Wildman–Crippen MR) is 82.0 cm³/mol. The maximum atomic E-state index is 12.0. The highest BCUT2D eigenvalue weighted by molar-refractivity contribution is 7.98. The van der Waals surface area contributed by atoms with E-state index in [1.807, 2.05) is 42.7 Å². The topological polar surface area (TPSA) is 29.1 Å². The van der Waals surface area contributed by atoms with Crippen molar-refractivity contribution < 1.29 is 4.79 Å². The van der Waals surface area contributed by atoms with Crippen molar-refractivity contribution in [3.05, 3.63) is 59.1 Å². The maximum Gasteiger partial charge on any atom is 0.228 e. The van der Waals surface area contributed by atoms with Crippen molar-refractivity contribution in [3.8, 4) is 0 Å². The van der Waals surface area contributed by atoms with Crippen LogP contribution in [0, 0.1) is 0 Å². The zero-order valence-electron chi connectivity index (χ0n) is 10.5. The lowest BCUT2D eigenvalue weighted by Gasteiger charge is -2.09. The van der Waals surface area contributed by atoms with E-state index in [4.69, 9.17) is 11.6 Å². The van der Waals surface area contributed by atoms with Gasteiger partial charge in [0.2, 0.25) is 5.91 Å². The Balaban J connectivity index is 2.03. The highest BCUT2D eigenvalue weighted by atomic mass is 35.5. The standard InChI is InChI=1S/C15H14ClNOS/c1-19-14-5-3-2-4-13(14)17-15(18)10-11-6-8-12(16)9-7-11/h2-9H,10H2,1H3,(H,17,18). The number of carbonyl (C=O) groups is 1. The summed E-state index contributed by atoms with van der Waals surface area (Å²) in [6.45, 7) is 0. The second-order valence-corrected chi connectivity index (χ2v) is 5.34. The molecule has 0 aliphatic heterocycles. The Hall–Kier alpha value is -1.45. The van der Waals surface area contributed by atoms with Crippen molar-refractivity contribution in [3.63, 3.8) is 0 Å². The third-order valence-electron chi connectivity index (χ3n) is 2.66. The van der Waals surface area contributed by atoms with Crippen LogP contribution in [0.4, 0.5) is 5.69 Å². The van der Waals surface area contributed by atoms with Crippen LogP contribution in [0.25, 0.3) is 0 Å². The SMILES string of the molecule is CSc1ccccc1NC(=O)Cc1ccc(Cl)cc1. The van der Waals surface area contributed by atoms with Crippen LogP contribution >= 0.6 is 23.4 Å². The third-order valence-corrected chi connectivity index (χ3v) is 3.71. The van der Waals surface area contributed by atoms with Crippen LogP contribution in [0.5, 0.6) is 0 Å². The number of amides is 1. The van der Waals surface area contributed by atoms with E-state index in [1.54, 1.807) is 23.9 Å². The van der Waals surface area contributed by atoms with Crippen molar-refractivity contribution in [2.24, 2.45) is 0 Å². The molecule has 0 atom stereocenters. The number of hydrogen-bond donors (Lipinski definition) is 1. The Morgan fingerprint density at radius 2 is 1.84 bits per heavy atom. The average molecular weight is 292 g/mol. The molecule has 0 heterocycles. The lowest BCUT2D eigenvalue weighted by molar-refractivity contribution is -0.115. The Morgan fingerprint density at radius 3 is 2.53 bits per heavy atom. The molecule has 0 spiro atoms. The van der Waals surface area contributed by atoms with Crippen LogP contribution in [0.15, 0.2) is 53.4 Å². The number of thioether (sulfide) groups is 1. The number of benzene rings is 2. The molecule has 0 fully saturated rings. The average Bonchev–Trinajstić information content (AvgIpc) is 2.42. The van der Waals surface area contributed by atoms with Crippen LogP contribution in [-0.4, -0.2) is 12.2 Å². The summed E-state index contributed by atoms with van der Waals surface area (Å²) in [5.74, 6) is -0.0242. The fourth-order valence-electron chi connectivity index (χ4n) is 1.73. The van der Waals surface area contributed by atoms with E-state index < -0.39 is 0 Å². The number of rotatable bonds is 4. The lowest BCUT2D eigenvalue weighted by atomic mass is 10.1. The molecular weight excluding hydrogens is 278 g/mol. The van der Waals surface area contributed by atoms with E-state index >= 15 is 0 Å². The molecule has 2 nitrogen and oxygen atoms in total. The van der Waals surface area contributed by atoms with Gasteiger partial charge in [-0.05, 0) is 36.1 Å². The Bertz CT molecular complexity index is 569. The molecule has 2 aromatic rings. The first-order chi connectivity index (χ1) is 9.19. The van der Waals surface area contributed by atoms with Crippen LogP contribution in [-0.2, 0) is 11.2 Å². The molecule has 0 unspecified atom stereocenters. The summed E-state index contributed by atoms with van der Waals surface area (Å²) in [4.78, 5) is 13.0. The molecule has 0 radical (unpaired) electrons. The Labute approximate surface area is 122 Å². The molecule has 0 aromatic heterocycles. The minimum Gasteiger partial charge on any atom is -0.325 e. The van der Waals surface area contributed by atoms with Gasteiger partial charge in [0.15, 0.2) is 0 Å². The van der Waals surface area contributed by atoms with Crippen LogP contribution in [0.2, 0.25) is 5.02 Å². The molecule has 1 N–H and O–H groups in total. The van der Waals surface area contributed by atoms with E-state index in [2.05, 4.69) is 5.32 Å². The first-order valence-corrected chi connectivity index (χ1v) is 7.46. The fraction of sp³-hybridized carbons (Fsp3) is 0.133. The minimum atomic E-state index is -0.0242. The Kier molecular flexibility index (Phi) is 4.88. The predicted octanol–water partition coefficient (Wildman–Crippen LogP) is 4.24. The zero-order chi connectivity index (χ0) is 13.7. The molecule has 19 heavy (non-hydrogen) atoms. The summed E-state index contributed by atoms with van der Waals surface area (Å²) in [6, 6.07) is 15.1. The van der Waals surface area contributed by atoms with Crippen molar-refractivity contribution >= 4 is 35.0 Å². The number of anilines is 1. The quantitative estimate of drug-likeness (QED) is 0.854. The van der Waals surface area contributed by atoms with E-state index in [0.717, 1.165) is 16.1 Å². The van der Waals surface area contributed by atoms with Gasteiger partial charge in [0.1, 0.15) is 0 Å². The van der Waals surface area contributed by atoms with Gasteiger partial charge in [-0.1, -0.05) is 35.9 Å². The highest BCUT2D eigenvalue weighted by Crippen LogP contribution is 2.24. The molecule has 0 saturated carbocycles. The largest absolute Gasteiger partial charge is 0.325 e. The van der Waals surface area contributed by atoms with Gasteiger partial charge in [-0.25, -0.2) is 0 Å². The summed E-state index contributed by atoms with van der Waals surface area (Å²) in [5.41, 5.74) is 1.80. The third kappa shape index (κ3) is 4.01. The monoisotopic (exact) mass is 291 g/mol. The number of para-hydroxylation sites is 1. The van der Waals surface area contributed by atoms with E-state index in [0.29, 0.717) is 11.4 Å². The van der Waals surface area contributed by atoms with Gasteiger partial charge < -0.3 is 5.32 Å². The van der Waals surface area contributed by atoms with Gasteiger partial charge in [-0.15, -0.1) is 11.8 Å². The van der Waals surface area contributed by atoms with Crippen LogP contribution in [0.3, 0.4) is 0 Å². The second kappa shape index (κ2) is 6.64. The Morgan fingerprint density at radius 1 is 1.16 bits per heavy atom. The first-order valence-electron chi connectivity index (χ1n) is 5.86. The summed E-state index contributed by atoms with van der Waals surface area (Å²) >= 11 is 7.43. The number of hydrogen-bond acceptors (Lipinski definition) is 2. The molecule has 4 heteroatoms. The normalized spacial score (nSPS) is 10.2. The summed E-state index contributed by atoms with van der Waals surface area (Å²) in [7, 11) is 0. The molecule has 0 aliphatic rings. The van der Waals surface area contributed by atoms with Gasteiger partial charge >= 0.3 is 0 Å². The lowest BCUT2D eigenvalue weighted by Crippen LogP contribution is -2.14. The van der Waals surface area contributed by atoms with Crippen LogP contribution in [0.1, 0.15) is 5.56 Å². The van der Waals surface area contributed by atoms with Gasteiger partial charge in [-0.3, -0.25) is 4.79 Å². The molecular formula is C15H14ClNOS. The fourth-order valence-corrected chi connectivity index (χ4v) is 2.41. The molecule has 2 rings (SSSR count). The molecule has 0 saturated heterocycles. The van der Waals surface area contributed by atoms with Gasteiger partial charge in [0, 0.05) is 9.92 Å². The molecule has 1 amide bonds. The van der Waals surface area contributed by atoms with Crippen molar-refractivity contribution in [2.45, 2.75) is 11.3 Å². The molecule has 2 aromatic carbocycles. The summed E-state index contributed by atoms with van der Waals surface area (Å²) < 4.78 is 0. The van der Waals surface area contributed by atoms with Crippen molar-refractivity contribution in [1.29, 1.82) is 0 Å². The van der Waals surface area contributed by atoms with E-state index in [9.17, 15) is 4.79 Å². The van der Waals surface area contributed by atoms with Crippen LogP contribution < -0.4 is 5.32 Å². The highest BCUT2D eigenvalue weighted by Gasteiger charge is 2.06.